The van der Waals surface area contributed by atoms with E-state index >= 15 is 0 Å². The van der Waals surface area contributed by atoms with Gasteiger partial charge in [-0.25, -0.2) is 0 Å². The van der Waals surface area contributed by atoms with Crippen molar-refractivity contribution in [3.8, 4) is 11.5 Å². The minimum Gasteiger partial charge on any atom is -0.497 e. The number of ketones is 1. The highest BCUT2D eigenvalue weighted by Crippen LogP contribution is 2.43. The molecule has 0 spiro atoms. The van der Waals surface area contributed by atoms with E-state index in [9.17, 15) is 4.79 Å². The molecule has 1 saturated heterocycles. The van der Waals surface area contributed by atoms with Gasteiger partial charge in [0.15, 0.2) is 5.78 Å². The van der Waals surface area contributed by atoms with E-state index in [1.165, 1.54) is 0 Å². The van der Waals surface area contributed by atoms with Crippen molar-refractivity contribution in [3.05, 3.63) is 23.8 Å². The smallest absolute Gasteiger partial charge is 0.169 e. The fourth-order valence-corrected chi connectivity index (χ4v) is 3.12. The minimum absolute atomic E-state index is 0.0720. The number of hydrogen-bond acceptors (Lipinski definition) is 4. The molecule has 1 fully saturated rings. The van der Waals surface area contributed by atoms with Gasteiger partial charge in [0, 0.05) is 11.6 Å². The second kappa shape index (κ2) is 5.34. The number of Topliss-reactive ketones (excluding diaryl/α,β-unsaturated/α-hetero) is 1. The first-order valence-electron chi connectivity index (χ1n) is 7.16. The van der Waals surface area contributed by atoms with E-state index in [2.05, 4.69) is 0 Å². The molecule has 1 aromatic rings. The van der Waals surface area contributed by atoms with Crippen molar-refractivity contribution in [2.75, 3.05) is 14.2 Å². The lowest BCUT2D eigenvalue weighted by Gasteiger charge is -2.26. The van der Waals surface area contributed by atoms with Crippen molar-refractivity contribution in [2.24, 2.45) is 5.92 Å². The first-order chi connectivity index (χ1) is 9.68. The molecule has 0 aliphatic carbocycles. The van der Waals surface area contributed by atoms with Gasteiger partial charge in [-0.1, -0.05) is 0 Å². The van der Waals surface area contributed by atoms with E-state index < -0.39 is 5.60 Å². The molecular formula is C17H24O4. The third-order valence-corrected chi connectivity index (χ3v) is 4.03. The molecule has 1 aromatic carbocycles. The number of methoxy groups -OCH3 is 2. The maximum atomic E-state index is 12.9. The van der Waals surface area contributed by atoms with Crippen LogP contribution in [0.1, 0.15) is 44.5 Å². The molecule has 0 bridgehead atoms. The molecule has 0 amide bonds. The molecule has 1 unspecified atom stereocenters. The summed E-state index contributed by atoms with van der Waals surface area (Å²) in [5.41, 5.74) is -0.158. The van der Waals surface area contributed by atoms with E-state index in [0.717, 1.165) is 0 Å². The van der Waals surface area contributed by atoms with Crippen molar-refractivity contribution in [1.29, 1.82) is 0 Å². The second-order valence-corrected chi connectivity index (χ2v) is 6.69. The molecule has 21 heavy (non-hydrogen) atoms. The third-order valence-electron chi connectivity index (χ3n) is 4.03. The normalized spacial score (nSPS) is 22.9. The molecule has 4 heteroatoms. The van der Waals surface area contributed by atoms with Gasteiger partial charge in [-0.05, 0) is 46.2 Å². The number of rotatable bonds is 4. The Bertz CT molecular complexity index is 523. The van der Waals surface area contributed by atoms with Crippen LogP contribution in [-0.4, -0.2) is 31.2 Å². The number of carbonyl (C=O) groups excluding carboxylic acids is 1. The number of hydrogen-bond donors (Lipinski definition) is 0. The Balaban J connectivity index is 2.36. The van der Waals surface area contributed by atoms with Crippen LogP contribution in [0.25, 0.3) is 0 Å². The maximum Gasteiger partial charge on any atom is 0.169 e. The zero-order valence-electron chi connectivity index (χ0n) is 13.6. The summed E-state index contributed by atoms with van der Waals surface area (Å²) in [6.07, 6.45) is 0.707. The number of carbonyl (C=O) groups is 1. The Kier molecular flexibility index (Phi) is 4.02. The summed E-state index contributed by atoms with van der Waals surface area (Å²) < 4.78 is 16.5. The Morgan fingerprint density at radius 2 is 1.62 bits per heavy atom. The van der Waals surface area contributed by atoms with E-state index in [4.69, 9.17) is 14.2 Å². The molecule has 1 atom stereocenters. The van der Waals surface area contributed by atoms with Crippen LogP contribution in [0.2, 0.25) is 0 Å². The van der Waals surface area contributed by atoms with Gasteiger partial charge in [0.25, 0.3) is 0 Å². The summed E-state index contributed by atoms with van der Waals surface area (Å²) >= 11 is 0. The summed E-state index contributed by atoms with van der Waals surface area (Å²) in [7, 11) is 3.16. The van der Waals surface area contributed by atoms with Gasteiger partial charge in [-0.15, -0.1) is 0 Å². The fraction of sp³-hybridized carbons (Fsp3) is 0.588. The Morgan fingerprint density at radius 3 is 2.00 bits per heavy atom. The summed E-state index contributed by atoms with van der Waals surface area (Å²) in [6.45, 7) is 7.99. The van der Waals surface area contributed by atoms with Crippen LogP contribution >= 0.6 is 0 Å². The van der Waals surface area contributed by atoms with Crippen LogP contribution in [0.15, 0.2) is 18.2 Å². The van der Waals surface area contributed by atoms with Gasteiger partial charge < -0.3 is 14.2 Å². The second-order valence-electron chi connectivity index (χ2n) is 6.69. The van der Waals surface area contributed by atoms with E-state index in [-0.39, 0.29) is 17.3 Å². The SMILES string of the molecule is COc1cc(OC)cc(C(=O)C2CC(C)(C)OC2(C)C)c1. The first-order valence-corrected chi connectivity index (χ1v) is 7.16. The quantitative estimate of drug-likeness (QED) is 0.797. The zero-order valence-corrected chi connectivity index (χ0v) is 13.6. The highest BCUT2D eigenvalue weighted by atomic mass is 16.5. The van der Waals surface area contributed by atoms with Gasteiger partial charge in [-0.3, -0.25) is 4.79 Å². The van der Waals surface area contributed by atoms with Gasteiger partial charge in [-0.2, -0.15) is 0 Å². The Morgan fingerprint density at radius 1 is 1.10 bits per heavy atom. The molecule has 0 aromatic heterocycles. The van der Waals surface area contributed by atoms with Crippen LogP contribution in [0, 0.1) is 5.92 Å². The first kappa shape index (κ1) is 15.8. The number of benzene rings is 1. The standard InChI is InChI=1S/C17H24O4/c1-16(2)10-14(17(3,4)21-16)15(18)11-7-12(19-5)9-13(8-11)20-6/h7-9,14H,10H2,1-6H3. The molecule has 1 aliphatic heterocycles. The molecule has 0 radical (unpaired) electrons. The Labute approximate surface area is 126 Å². The van der Waals surface area contributed by atoms with Crippen molar-refractivity contribution in [3.63, 3.8) is 0 Å². The molecule has 2 rings (SSSR count). The lowest BCUT2D eigenvalue weighted by atomic mass is 9.81. The van der Waals surface area contributed by atoms with Gasteiger partial charge in [0.05, 0.1) is 31.3 Å². The fourth-order valence-electron chi connectivity index (χ4n) is 3.12. The zero-order chi connectivity index (χ0) is 15.8. The van der Waals surface area contributed by atoms with Crippen molar-refractivity contribution >= 4 is 5.78 Å². The van der Waals surface area contributed by atoms with Crippen molar-refractivity contribution in [2.45, 2.75) is 45.3 Å². The lowest BCUT2D eigenvalue weighted by molar-refractivity contribution is -0.0712. The lowest BCUT2D eigenvalue weighted by Crippen LogP contribution is -2.33. The van der Waals surface area contributed by atoms with E-state index in [1.54, 1.807) is 32.4 Å². The van der Waals surface area contributed by atoms with Crippen LogP contribution in [0.5, 0.6) is 11.5 Å². The predicted molar refractivity (Wildman–Crippen MR) is 81.2 cm³/mol. The molecular weight excluding hydrogens is 268 g/mol. The van der Waals surface area contributed by atoms with E-state index in [0.29, 0.717) is 23.5 Å². The van der Waals surface area contributed by atoms with Crippen LogP contribution in [-0.2, 0) is 4.74 Å². The summed E-state index contributed by atoms with van der Waals surface area (Å²) in [6, 6.07) is 5.27. The van der Waals surface area contributed by atoms with Gasteiger partial charge >= 0.3 is 0 Å². The average molecular weight is 292 g/mol. The molecule has 116 valence electrons. The molecule has 0 saturated carbocycles. The number of ether oxygens (including phenoxy) is 3. The summed E-state index contributed by atoms with van der Waals surface area (Å²) in [4.78, 5) is 12.9. The molecule has 0 N–H and O–H groups in total. The minimum atomic E-state index is -0.475. The summed E-state index contributed by atoms with van der Waals surface area (Å²) in [5.74, 6) is 1.13. The highest BCUT2D eigenvalue weighted by Gasteiger charge is 2.49. The largest absolute Gasteiger partial charge is 0.497 e. The van der Waals surface area contributed by atoms with Gasteiger partial charge in [0.1, 0.15) is 11.5 Å². The third kappa shape index (κ3) is 3.21. The topological polar surface area (TPSA) is 44.8 Å². The van der Waals surface area contributed by atoms with Crippen LogP contribution < -0.4 is 9.47 Å². The molecule has 4 nitrogen and oxygen atoms in total. The van der Waals surface area contributed by atoms with Gasteiger partial charge in [0.2, 0.25) is 0 Å². The van der Waals surface area contributed by atoms with Crippen LogP contribution in [0.3, 0.4) is 0 Å². The average Bonchev–Trinajstić information content (AvgIpc) is 2.65. The molecule has 1 aliphatic rings. The molecule has 1 heterocycles. The monoisotopic (exact) mass is 292 g/mol. The highest BCUT2D eigenvalue weighted by molar-refractivity contribution is 5.99. The summed E-state index contributed by atoms with van der Waals surface area (Å²) in [5, 5.41) is 0. The Hall–Kier alpha value is -1.55. The van der Waals surface area contributed by atoms with Crippen molar-refractivity contribution < 1.29 is 19.0 Å². The van der Waals surface area contributed by atoms with E-state index in [1.807, 2.05) is 27.7 Å². The predicted octanol–water partition coefficient (Wildman–Crippen LogP) is 3.48. The van der Waals surface area contributed by atoms with Crippen LogP contribution in [0.4, 0.5) is 0 Å². The maximum absolute atomic E-state index is 12.9. The van der Waals surface area contributed by atoms with Crippen molar-refractivity contribution in [1.82, 2.24) is 0 Å².